The Morgan fingerprint density at radius 1 is 1.03 bits per heavy atom. The van der Waals surface area contributed by atoms with Gasteiger partial charge in [-0.3, -0.25) is 14.5 Å². The number of imidazole rings is 1. The molecule has 8 nitrogen and oxygen atoms in total. The van der Waals surface area contributed by atoms with Crippen LogP contribution in [0.25, 0.3) is 11.2 Å². The number of hydrogen-bond donors (Lipinski definition) is 0. The van der Waals surface area contributed by atoms with E-state index in [2.05, 4.69) is 29.6 Å². The molecule has 4 rings (SSSR count). The molecule has 1 aromatic carbocycles. The zero-order valence-electron chi connectivity index (χ0n) is 18.9. The summed E-state index contributed by atoms with van der Waals surface area (Å²) >= 11 is 0. The first-order valence-electron chi connectivity index (χ1n) is 10.7. The van der Waals surface area contributed by atoms with Crippen molar-refractivity contribution in [3.05, 3.63) is 59.5 Å². The van der Waals surface area contributed by atoms with Crippen LogP contribution in [0, 0.1) is 0 Å². The van der Waals surface area contributed by atoms with Crippen molar-refractivity contribution in [3.63, 3.8) is 0 Å². The summed E-state index contributed by atoms with van der Waals surface area (Å²) in [5.74, 6) is -0.674. The molecule has 9 heteroatoms. The minimum absolute atomic E-state index is 0.143. The van der Waals surface area contributed by atoms with Gasteiger partial charge in [0.25, 0.3) is 11.8 Å². The predicted molar refractivity (Wildman–Crippen MR) is 123 cm³/mol. The van der Waals surface area contributed by atoms with Crippen LogP contribution in [0.5, 0.6) is 0 Å². The molecule has 0 N–H and O–H groups in total. The fourth-order valence-electron chi connectivity index (χ4n) is 3.73. The lowest BCUT2D eigenvalue weighted by molar-refractivity contribution is 0.0463. The molecule has 32 heavy (non-hydrogen) atoms. The zero-order chi connectivity index (χ0) is 22.9. The van der Waals surface area contributed by atoms with Crippen molar-refractivity contribution < 1.29 is 19.1 Å². The average Bonchev–Trinajstić information content (AvgIpc) is 3.28. The van der Waals surface area contributed by atoms with Crippen LogP contribution in [-0.2, 0) is 16.2 Å². The highest BCUT2D eigenvalue weighted by Gasteiger charge is 2.41. The van der Waals surface area contributed by atoms with Crippen molar-refractivity contribution in [2.75, 3.05) is 20.3 Å². The topological polar surface area (TPSA) is 86.6 Å². The largest absolute Gasteiger partial charge is 0.382 e. The molecule has 0 spiro atoms. The van der Waals surface area contributed by atoms with E-state index >= 15 is 0 Å². The smallest absolute Gasteiger partial charge is 0.262 e. The highest BCUT2D eigenvalue weighted by molar-refractivity contribution is 6.76. The van der Waals surface area contributed by atoms with Gasteiger partial charge in [0, 0.05) is 21.8 Å². The van der Waals surface area contributed by atoms with Crippen molar-refractivity contribution in [2.24, 2.45) is 0 Å². The van der Waals surface area contributed by atoms with E-state index in [0.717, 1.165) is 18.2 Å². The molecule has 0 radical (unpaired) electrons. The second kappa shape index (κ2) is 8.93. The molecule has 0 saturated heterocycles. The van der Waals surface area contributed by atoms with Gasteiger partial charge in [-0.25, -0.2) is 9.97 Å². The van der Waals surface area contributed by atoms with Gasteiger partial charge in [0.1, 0.15) is 12.8 Å². The van der Waals surface area contributed by atoms with Gasteiger partial charge in [0.15, 0.2) is 5.65 Å². The van der Waals surface area contributed by atoms with Crippen molar-refractivity contribution in [1.29, 1.82) is 0 Å². The molecule has 0 fully saturated rings. The van der Waals surface area contributed by atoms with Crippen molar-refractivity contribution in [3.8, 4) is 0 Å². The third-order valence-electron chi connectivity index (χ3n) is 5.53. The van der Waals surface area contributed by atoms with E-state index in [0.29, 0.717) is 29.2 Å². The second-order valence-corrected chi connectivity index (χ2v) is 14.8. The van der Waals surface area contributed by atoms with Gasteiger partial charge in [-0.05, 0) is 30.3 Å². The minimum Gasteiger partial charge on any atom is -0.382 e. The quantitative estimate of drug-likeness (QED) is 0.279. The first-order valence-corrected chi connectivity index (χ1v) is 14.4. The number of methoxy groups -OCH3 is 1. The Kier molecular flexibility index (Phi) is 6.23. The predicted octanol–water partition coefficient (Wildman–Crippen LogP) is 3.73. The number of fused-ring (bicyclic) bond motifs is 2. The molecule has 168 valence electrons. The molecule has 2 aromatic heterocycles. The Morgan fingerprint density at radius 2 is 1.72 bits per heavy atom. The SMILES string of the molecule is COC[C@H](c1ccc2c(ncn2COCC[Si](C)(C)C)n1)N1C(=O)c2ccccc2C1=O. The van der Waals surface area contributed by atoms with Gasteiger partial charge in [-0.2, -0.15) is 0 Å². The summed E-state index contributed by atoms with van der Waals surface area (Å²) in [5, 5.41) is 0. The third-order valence-corrected chi connectivity index (χ3v) is 7.24. The molecule has 0 aliphatic carbocycles. The number of carbonyl (C=O) groups excluding carboxylic acids is 2. The fourth-order valence-corrected chi connectivity index (χ4v) is 4.49. The first-order chi connectivity index (χ1) is 15.3. The summed E-state index contributed by atoms with van der Waals surface area (Å²) in [7, 11) is 0.395. The molecule has 1 aliphatic heterocycles. The van der Waals surface area contributed by atoms with E-state index in [4.69, 9.17) is 9.47 Å². The van der Waals surface area contributed by atoms with Crippen LogP contribution in [0.15, 0.2) is 42.7 Å². The van der Waals surface area contributed by atoms with Gasteiger partial charge >= 0.3 is 0 Å². The monoisotopic (exact) mass is 452 g/mol. The number of rotatable bonds is 9. The third kappa shape index (κ3) is 4.36. The summed E-state index contributed by atoms with van der Waals surface area (Å²) in [6.07, 6.45) is 1.70. The van der Waals surface area contributed by atoms with Crippen LogP contribution in [0.1, 0.15) is 32.5 Å². The molecule has 3 aromatic rings. The van der Waals surface area contributed by atoms with E-state index in [1.807, 2.05) is 16.7 Å². The van der Waals surface area contributed by atoms with Crippen LogP contribution < -0.4 is 0 Å². The number of imide groups is 1. The Morgan fingerprint density at radius 3 is 2.34 bits per heavy atom. The van der Waals surface area contributed by atoms with Crippen molar-refractivity contribution >= 4 is 31.1 Å². The molecule has 0 bridgehead atoms. The first kappa shape index (κ1) is 22.3. The molecule has 3 heterocycles. The maximum absolute atomic E-state index is 13.0. The summed E-state index contributed by atoms with van der Waals surface area (Å²) < 4.78 is 13.1. The molecular formula is C23H28N4O4Si. The Hall–Kier alpha value is -2.88. The lowest BCUT2D eigenvalue weighted by Gasteiger charge is -2.25. The minimum atomic E-state index is -1.14. The maximum Gasteiger partial charge on any atom is 0.262 e. The number of nitrogens with zero attached hydrogens (tertiary/aromatic N) is 4. The summed E-state index contributed by atoms with van der Waals surface area (Å²) in [4.78, 5) is 36.2. The van der Waals surface area contributed by atoms with Crippen LogP contribution in [0.2, 0.25) is 25.7 Å². The number of amides is 2. The van der Waals surface area contributed by atoms with E-state index in [1.54, 1.807) is 30.6 Å². The highest BCUT2D eigenvalue weighted by Crippen LogP contribution is 2.31. The van der Waals surface area contributed by atoms with E-state index < -0.39 is 14.1 Å². The summed E-state index contributed by atoms with van der Waals surface area (Å²) in [6, 6.07) is 11.0. The van der Waals surface area contributed by atoms with Gasteiger partial charge in [-0.15, -0.1) is 0 Å². The van der Waals surface area contributed by atoms with E-state index in [-0.39, 0.29) is 18.4 Å². The van der Waals surface area contributed by atoms with Crippen molar-refractivity contribution in [2.45, 2.75) is 38.5 Å². The number of pyridine rings is 1. The second-order valence-electron chi connectivity index (χ2n) is 9.14. The maximum atomic E-state index is 13.0. The normalized spacial score (nSPS) is 14.9. The molecule has 1 atom stereocenters. The Balaban J connectivity index is 1.56. The van der Waals surface area contributed by atoms with Gasteiger partial charge in [-0.1, -0.05) is 31.8 Å². The average molecular weight is 453 g/mol. The van der Waals surface area contributed by atoms with Crippen LogP contribution in [0.4, 0.5) is 0 Å². The van der Waals surface area contributed by atoms with Crippen LogP contribution >= 0.6 is 0 Å². The number of benzene rings is 1. The van der Waals surface area contributed by atoms with E-state index in [9.17, 15) is 9.59 Å². The number of ether oxygens (including phenoxy) is 2. The molecule has 0 saturated carbocycles. The molecule has 1 aliphatic rings. The molecular weight excluding hydrogens is 424 g/mol. The van der Waals surface area contributed by atoms with Crippen molar-refractivity contribution in [1.82, 2.24) is 19.4 Å². The zero-order valence-corrected chi connectivity index (χ0v) is 19.9. The molecule has 0 unspecified atom stereocenters. The van der Waals surface area contributed by atoms with E-state index in [1.165, 1.54) is 12.0 Å². The Labute approximate surface area is 188 Å². The number of hydrogen-bond acceptors (Lipinski definition) is 6. The lowest BCUT2D eigenvalue weighted by atomic mass is 10.1. The summed E-state index contributed by atoms with van der Waals surface area (Å²) in [5.41, 5.74) is 2.73. The standard InChI is InChI=1S/C23H28N4O4Si/c1-30-13-20(27-22(28)16-7-5-6-8-17(16)23(27)29)18-9-10-19-21(25-18)24-14-26(19)15-31-11-12-32(2,3)4/h5-10,14,20H,11-13,15H2,1-4H3/t20-/m1/s1. The fraction of sp³-hybridized carbons (Fsp3) is 0.391. The van der Waals surface area contributed by atoms with Gasteiger partial charge in [0.05, 0.1) is 35.3 Å². The van der Waals surface area contributed by atoms with Gasteiger partial charge in [0.2, 0.25) is 0 Å². The summed E-state index contributed by atoms with van der Waals surface area (Å²) in [6.45, 7) is 8.22. The van der Waals surface area contributed by atoms with Gasteiger partial charge < -0.3 is 14.0 Å². The van der Waals surface area contributed by atoms with Crippen LogP contribution in [-0.4, -0.2) is 59.6 Å². The number of aromatic nitrogens is 3. The lowest BCUT2D eigenvalue weighted by Crippen LogP contribution is -2.37. The highest BCUT2D eigenvalue weighted by atomic mass is 28.3. The molecule has 2 amide bonds. The van der Waals surface area contributed by atoms with Crippen LogP contribution in [0.3, 0.4) is 0 Å². The number of carbonyl (C=O) groups is 2. The Bertz CT molecular complexity index is 1120.